The molecule has 1 aromatic heterocycles. The van der Waals surface area contributed by atoms with Crippen molar-refractivity contribution in [1.82, 2.24) is 10.3 Å². The van der Waals surface area contributed by atoms with Crippen molar-refractivity contribution in [2.45, 2.75) is 12.1 Å². The Morgan fingerprint density at radius 1 is 0.964 bits per heavy atom. The lowest BCUT2D eigenvalue weighted by Gasteiger charge is -2.24. The maximum atomic E-state index is 12.9. The summed E-state index contributed by atoms with van der Waals surface area (Å²) in [5.74, 6) is -0.332. The van der Waals surface area contributed by atoms with Crippen LogP contribution in [0, 0.1) is 0 Å². The van der Waals surface area contributed by atoms with Crippen LogP contribution in [-0.4, -0.2) is 16.0 Å². The van der Waals surface area contributed by atoms with E-state index < -0.39 is 12.1 Å². The molecule has 4 nitrogen and oxygen atoms in total. The van der Waals surface area contributed by atoms with E-state index in [0.717, 1.165) is 15.8 Å². The SMILES string of the molecule is O=C(N[C@H](c1ccccc1)[C@@H](O)c1ccccc1)c1nc2cc(Cl)ccc2s1. The number of halogens is 1. The van der Waals surface area contributed by atoms with Gasteiger partial charge in [0.15, 0.2) is 5.01 Å². The molecule has 0 radical (unpaired) electrons. The van der Waals surface area contributed by atoms with Gasteiger partial charge in [-0.2, -0.15) is 0 Å². The number of hydrogen-bond acceptors (Lipinski definition) is 4. The fourth-order valence-electron chi connectivity index (χ4n) is 3.05. The number of carbonyl (C=O) groups is 1. The molecule has 0 aliphatic rings. The molecular weight excluding hydrogens is 392 g/mol. The smallest absolute Gasteiger partial charge is 0.280 e. The Labute approximate surface area is 171 Å². The molecule has 2 N–H and O–H groups in total. The van der Waals surface area contributed by atoms with Crippen LogP contribution in [0.1, 0.15) is 33.1 Å². The summed E-state index contributed by atoms with van der Waals surface area (Å²) in [7, 11) is 0. The number of aliphatic hydroxyl groups excluding tert-OH is 1. The molecule has 0 saturated heterocycles. The minimum Gasteiger partial charge on any atom is -0.386 e. The van der Waals surface area contributed by atoms with E-state index in [1.165, 1.54) is 11.3 Å². The highest BCUT2D eigenvalue weighted by Gasteiger charge is 2.26. The summed E-state index contributed by atoms with van der Waals surface area (Å²) < 4.78 is 0.884. The molecule has 4 aromatic rings. The van der Waals surface area contributed by atoms with Crippen LogP contribution in [0.25, 0.3) is 10.2 Å². The molecule has 0 unspecified atom stereocenters. The van der Waals surface area contributed by atoms with Crippen LogP contribution in [0.15, 0.2) is 78.9 Å². The van der Waals surface area contributed by atoms with Gasteiger partial charge in [0.2, 0.25) is 0 Å². The number of benzene rings is 3. The first-order chi connectivity index (χ1) is 13.6. The van der Waals surface area contributed by atoms with Gasteiger partial charge in [0, 0.05) is 5.02 Å². The average molecular weight is 409 g/mol. The third kappa shape index (κ3) is 3.92. The first-order valence-corrected chi connectivity index (χ1v) is 9.96. The fraction of sp³-hybridized carbons (Fsp3) is 0.0909. The summed E-state index contributed by atoms with van der Waals surface area (Å²) in [6.07, 6.45) is -0.892. The average Bonchev–Trinajstić information content (AvgIpc) is 3.16. The topological polar surface area (TPSA) is 62.2 Å². The Morgan fingerprint density at radius 2 is 1.61 bits per heavy atom. The summed E-state index contributed by atoms with van der Waals surface area (Å²) >= 11 is 7.31. The molecule has 0 aliphatic carbocycles. The van der Waals surface area contributed by atoms with E-state index in [4.69, 9.17) is 11.6 Å². The maximum Gasteiger partial charge on any atom is 0.280 e. The van der Waals surface area contributed by atoms with Crippen LogP contribution >= 0.6 is 22.9 Å². The molecule has 0 aliphatic heterocycles. The lowest BCUT2D eigenvalue weighted by atomic mass is 9.96. The largest absolute Gasteiger partial charge is 0.386 e. The van der Waals surface area contributed by atoms with E-state index in [-0.39, 0.29) is 5.91 Å². The Hall–Kier alpha value is -2.73. The molecule has 3 aromatic carbocycles. The van der Waals surface area contributed by atoms with Gasteiger partial charge in [-0.05, 0) is 29.3 Å². The van der Waals surface area contributed by atoms with Gasteiger partial charge in [-0.3, -0.25) is 4.79 Å². The maximum absolute atomic E-state index is 12.9. The summed E-state index contributed by atoms with van der Waals surface area (Å²) in [4.78, 5) is 17.3. The van der Waals surface area contributed by atoms with Crippen LogP contribution in [0.4, 0.5) is 0 Å². The van der Waals surface area contributed by atoms with Crippen LogP contribution in [0.3, 0.4) is 0 Å². The monoisotopic (exact) mass is 408 g/mol. The molecular formula is C22H17ClN2O2S. The standard InChI is InChI=1S/C22H17ClN2O2S/c23-16-11-12-18-17(13-16)24-22(28-18)21(27)25-19(14-7-3-1-4-8-14)20(26)15-9-5-2-6-10-15/h1-13,19-20,26H,(H,25,27)/t19-,20+/m1/s1. The van der Waals surface area contributed by atoms with Crippen LogP contribution in [0.2, 0.25) is 5.02 Å². The molecule has 0 bridgehead atoms. The van der Waals surface area contributed by atoms with Crippen molar-refractivity contribution < 1.29 is 9.90 Å². The second kappa shape index (κ2) is 8.10. The Bertz CT molecular complexity index is 1100. The molecule has 28 heavy (non-hydrogen) atoms. The van der Waals surface area contributed by atoms with Gasteiger partial charge >= 0.3 is 0 Å². The van der Waals surface area contributed by atoms with Crippen molar-refractivity contribution in [3.05, 3.63) is 100 Å². The van der Waals surface area contributed by atoms with E-state index in [9.17, 15) is 9.90 Å². The van der Waals surface area contributed by atoms with E-state index in [1.807, 2.05) is 66.7 Å². The highest BCUT2D eigenvalue weighted by atomic mass is 35.5. The predicted octanol–water partition coefficient (Wildman–Crippen LogP) is 5.15. The number of nitrogens with one attached hydrogen (secondary N) is 1. The third-order valence-corrected chi connectivity index (χ3v) is 5.72. The Kier molecular flexibility index (Phi) is 5.39. The lowest BCUT2D eigenvalue weighted by Crippen LogP contribution is -2.32. The molecule has 6 heteroatoms. The molecule has 4 rings (SSSR count). The quantitative estimate of drug-likeness (QED) is 0.479. The Morgan fingerprint density at radius 3 is 2.29 bits per heavy atom. The zero-order valence-electron chi connectivity index (χ0n) is 14.7. The first kappa shape index (κ1) is 18.6. The van der Waals surface area contributed by atoms with Crippen LogP contribution < -0.4 is 5.32 Å². The number of carbonyl (C=O) groups excluding carboxylic acids is 1. The summed E-state index contributed by atoms with van der Waals surface area (Å²) in [6.45, 7) is 0. The minimum absolute atomic E-state index is 0.332. The summed E-state index contributed by atoms with van der Waals surface area (Å²) in [5, 5.41) is 14.8. The number of aromatic nitrogens is 1. The number of amides is 1. The number of nitrogens with zero attached hydrogens (tertiary/aromatic N) is 1. The van der Waals surface area contributed by atoms with Gasteiger partial charge in [-0.15, -0.1) is 11.3 Å². The Balaban J connectivity index is 1.65. The van der Waals surface area contributed by atoms with Gasteiger partial charge < -0.3 is 10.4 Å². The summed E-state index contributed by atoms with van der Waals surface area (Å²) in [6, 6.07) is 23.5. The molecule has 140 valence electrons. The second-order valence-corrected chi connectivity index (χ2v) is 7.82. The van der Waals surface area contributed by atoms with E-state index in [0.29, 0.717) is 15.5 Å². The van der Waals surface area contributed by atoms with Crippen molar-refractivity contribution >= 4 is 39.1 Å². The minimum atomic E-state index is -0.892. The van der Waals surface area contributed by atoms with Crippen molar-refractivity contribution in [1.29, 1.82) is 0 Å². The highest BCUT2D eigenvalue weighted by Crippen LogP contribution is 2.30. The molecule has 0 spiro atoms. The number of fused-ring (bicyclic) bond motifs is 1. The van der Waals surface area contributed by atoms with Crippen LogP contribution in [-0.2, 0) is 0 Å². The highest BCUT2D eigenvalue weighted by molar-refractivity contribution is 7.20. The van der Waals surface area contributed by atoms with Gasteiger partial charge in [0.25, 0.3) is 5.91 Å². The van der Waals surface area contributed by atoms with Gasteiger partial charge in [-0.25, -0.2) is 4.98 Å². The fourth-order valence-corrected chi connectivity index (χ4v) is 4.06. The van der Waals surface area contributed by atoms with E-state index >= 15 is 0 Å². The number of thiazole rings is 1. The molecule has 0 fully saturated rings. The summed E-state index contributed by atoms with van der Waals surface area (Å²) in [5.41, 5.74) is 2.23. The normalized spacial score (nSPS) is 13.2. The lowest BCUT2D eigenvalue weighted by molar-refractivity contribution is 0.0831. The number of rotatable bonds is 5. The first-order valence-electron chi connectivity index (χ1n) is 8.77. The van der Waals surface area contributed by atoms with Crippen LogP contribution in [0.5, 0.6) is 0 Å². The molecule has 1 amide bonds. The van der Waals surface area contributed by atoms with Crippen molar-refractivity contribution in [3.63, 3.8) is 0 Å². The van der Waals surface area contributed by atoms with E-state index in [2.05, 4.69) is 10.3 Å². The zero-order valence-corrected chi connectivity index (χ0v) is 16.3. The molecule has 0 saturated carbocycles. The second-order valence-electron chi connectivity index (χ2n) is 6.35. The van der Waals surface area contributed by atoms with Crippen molar-refractivity contribution in [3.8, 4) is 0 Å². The molecule has 1 heterocycles. The van der Waals surface area contributed by atoms with Gasteiger partial charge in [0.1, 0.15) is 6.10 Å². The van der Waals surface area contributed by atoms with Gasteiger partial charge in [0.05, 0.1) is 16.3 Å². The molecule has 2 atom stereocenters. The van der Waals surface area contributed by atoms with Crippen molar-refractivity contribution in [2.75, 3.05) is 0 Å². The van der Waals surface area contributed by atoms with Crippen molar-refractivity contribution in [2.24, 2.45) is 0 Å². The third-order valence-electron chi connectivity index (χ3n) is 4.45. The number of aliphatic hydroxyl groups is 1. The van der Waals surface area contributed by atoms with Gasteiger partial charge in [-0.1, -0.05) is 72.3 Å². The number of hydrogen-bond donors (Lipinski definition) is 2. The predicted molar refractivity (Wildman–Crippen MR) is 113 cm³/mol. The zero-order chi connectivity index (χ0) is 19.5. The van der Waals surface area contributed by atoms with E-state index in [1.54, 1.807) is 12.1 Å².